The number of hydrogen-bond donors (Lipinski definition) is 0. The second-order valence-electron chi connectivity index (χ2n) is 9.39. The van der Waals surface area contributed by atoms with Gasteiger partial charge in [0.2, 0.25) is 0 Å². The van der Waals surface area contributed by atoms with Gasteiger partial charge in [0.25, 0.3) is 0 Å². The van der Waals surface area contributed by atoms with Gasteiger partial charge in [0, 0.05) is 21.5 Å². The Morgan fingerprint density at radius 3 is 1.10 bits per heavy atom. The van der Waals surface area contributed by atoms with E-state index in [0.717, 1.165) is 44.6 Å². The molecule has 0 amide bonds. The van der Waals surface area contributed by atoms with Gasteiger partial charge in [-0.05, 0) is 32.8 Å². The van der Waals surface area contributed by atoms with Crippen molar-refractivity contribution in [2.45, 2.75) is 0 Å². The minimum atomic E-state index is 0.212. The van der Waals surface area contributed by atoms with Gasteiger partial charge in [0.15, 0.2) is 11.6 Å². The number of hydrogen-bond acceptors (Lipinski definition) is 4. The van der Waals surface area contributed by atoms with Gasteiger partial charge in [-0.25, -0.2) is 9.97 Å². The van der Waals surface area contributed by atoms with Gasteiger partial charge < -0.3 is 0 Å². The highest BCUT2D eigenvalue weighted by Gasteiger charge is 2.15. The normalized spacial score (nSPS) is 11.7. The molecule has 4 heterocycles. The first-order chi connectivity index (χ1) is 19.3. The molecule has 4 aromatic heterocycles. The summed E-state index contributed by atoms with van der Waals surface area (Å²) in [5.41, 5.74) is 6.18. The van der Waals surface area contributed by atoms with E-state index in [4.69, 9.17) is 9.97 Å². The van der Waals surface area contributed by atoms with Crippen molar-refractivity contribution in [3.05, 3.63) is 122 Å². The Kier molecular flexibility index (Phi) is 5.00. The molecule has 0 aliphatic heterocycles. The lowest BCUT2D eigenvalue weighted by Gasteiger charge is -2.10. The van der Waals surface area contributed by atoms with Crippen molar-refractivity contribution in [2.24, 2.45) is 0 Å². The van der Waals surface area contributed by atoms with Crippen LogP contribution in [0.2, 0.25) is 0 Å². The van der Waals surface area contributed by atoms with Gasteiger partial charge in [0.05, 0.1) is 57.7 Å². The number of nitrogens with zero attached hydrogens (tertiary/aromatic N) is 6. The quantitative estimate of drug-likeness (QED) is 0.264. The first-order valence-electron chi connectivity index (χ1n) is 12.7. The molecule has 0 aliphatic carbocycles. The van der Waals surface area contributed by atoms with Crippen LogP contribution in [-0.2, 0) is 0 Å². The molecular weight excluding hydrogens is 499 g/mol. The maximum absolute atomic E-state index is 5.04. The van der Waals surface area contributed by atoms with Crippen LogP contribution in [0.3, 0.4) is 0 Å². The van der Waals surface area contributed by atoms with Crippen LogP contribution >= 0.6 is 8.58 Å². The molecule has 0 atom stereocenters. The second-order valence-corrected chi connectivity index (χ2v) is 10.7. The van der Waals surface area contributed by atoms with E-state index in [0.29, 0.717) is 0 Å². The lowest BCUT2D eigenvalue weighted by molar-refractivity contribution is 1.06. The first-order valence-corrected chi connectivity index (χ1v) is 13.7. The number of para-hydroxylation sites is 4. The molecule has 0 saturated carbocycles. The van der Waals surface area contributed by atoms with Crippen LogP contribution in [0, 0.1) is 0 Å². The second kappa shape index (κ2) is 8.83. The van der Waals surface area contributed by atoms with Gasteiger partial charge in [0.1, 0.15) is 0 Å². The van der Waals surface area contributed by atoms with Crippen LogP contribution in [0.15, 0.2) is 122 Å². The summed E-state index contributed by atoms with van der Waals surface area (Å²) in [6, 6.07) is 33.7. The maximum Gasteiger partial charge on any atom is 0.156 e. The largest absolute Gasteiger partial charge is 0.292 e. The van der Waals surface area contributed by atoms with E-state index >= 15 is 0 Å². The zero-order valence-corrected chi connectivity index (χ0v) is 21.7. The molecule has 4 aromatic carbocycles. The van der Waals surface area contributed by atoms with Crippen LogP contribution in [0.4, 0.5) is 0 Å². The lowest BCUT2D eigenvalue weighted by Crippen LogP contribution is -2.15. The number of aromatic nitrogens is 6. The van der Waals surface area contributed by atoms with Crippen molar-refractivity contribution in [3.8, 4) is 11.6 Å². The summed E-state index contributed by atoms with van der Waals surface area (Å²) >= 11 is 0. The average molecular weight is 521 g/mol. The van der Waals surface area contributed by atoms with E-state index in [-0.39, 0.29) is 8.58 Å². The summed E-state index contributed by atoms with van der Waals surface area (Å²) in [5.74, 6) is 1.59. The highest BCUT2D eigenvalue weighted by atomic mass is 31.1. The molecular formula is C32H21N6P. The Hall–Kier alpha value is -4.93. The molecule has 0 radical (unpaired) electrons. The van der Waals surface area contributed by atoms with E-state index in [2.05, 4.69) is 116 Å². The first kappa shape index (κ1) is 22.1. The summed E-state index contributed by atoms with van der Waals surface area (Å²) in [7, 11) is 0.212. The third kappa shape index (κ3) is 3.53. The van der Waals surface area contributed by atoms with Crippen molar-refractivity contribution in [2.75, 3.05) is 0 Å². The molecule has 0 saturated heterocycles. The monoisotopic (exact) mass is 520 g/mol. The fraction of sp³-hybridized carbons (Fsp3) is 0. The van der Waals surface area contributed by atoms with E-state index < -0.39 is 0 Å². The Bertz CT molecular complexity index is 1920. The molecule has 0 fully saturated rings. The Balaban J connectivity index is 1.22. The van der Waals surface area contributed by atoms with Crippen LogP contribution in [0.25, 0.3) is 55.2 Å². The van der Waals surface area contributed by atoms with Crippen molar-refractivity contribution < 1.29 is 0 Å². The summed E-state index contributed by atoms with van der Waals surface area (Å²) < 4.78 is 4.37. The van der Waals surface area contributed by atoms with Gasteiger partial charge in [-0.2, -0.15) is 0 Å². The molecule has 0 bridgehead atoms. The zero-order valence-electron chi connectivity index (χ0n) is 20.7. The molecule has 0 N–H and O–H groups in total. The molecule has 7 heteroatoms. The average Bonchev–Trinajstić information content (AvgIpc) is 3.51. The number of fused-ring (bicyclic) bond motifs is 6. The third-order valence-electron chi connectivity index (χ3n) is 7.12. The van der Waals surface area contributed by atoms with Crippen molar-refractivity contribution >= 4 is 63.1 Å². The van der Waals surface area contributed by atoms with Crippen LogP contribution in [0.5, 0.6) is 0 Å². The van der Waals surface area contributed by atoms with E-state index in [1.807, 2.05) is 24.8 Å². The highest BCUT2D eigenvalue weighted by molar-refractivity contribution is 7.54. The standard InChI is InChI=1S/C32H21N6P/c1-5-13-25-21(9-1)22-10-2-6-14-26(22)37(25)29-17-33-19-31(35-29)39-32-20-34-18-30(36-32)38-27-15-7-3-11-23(27)24-12-4-8-16-28(24)38/h1-20,39H. The van der Waals surface area contributed by atoms with E-state index in [1.54, 1.807) is 0 Å². The SMILES string of the molecule is c1ccc2c(c1)c1ccccc1n2-c1cncc(Pc2cncc(-n3c4ccccc4c4ccccc43)n2)n1. The Labute approximate surface area is 225 Å². The Morgan fingerprint density at radius 2 is 0.744 bits per heavy atom. The predicted octanol–water partition coefficient (Wildman–Crippen LogP) is 6.09. The van der Waals surface area contributed by atoms with Crippen LogP contribution < -0.4 is 10.9 Å². The summed E-state index contributed by atoms with van der Waals surface area (Å²) in [6.45, 7) is 0. The molecule has 39 heavy (non-hydrogen) atoms. The van der Waals surface area contributed by atoms with Gasteiger partial charge in [-0.15, -0.1) is 0 Å². The molecule has 184 valence electrons. The third-order valence-corrected chi connectivity index (χ3v) is 8.11. The molecule has 6 nitrogen and oxygen atoms in total. The summed E-state index contributed by atoms with van der Waals surface area (Å²) in [4.78, 5) is 19.2. The summed E-state index contributed by atoms with van der Waals surface area (Å²) in [6.07, 6.45) is 7.30. The minimum Gasteiger partial charge on any atom is -0.292 e. The van der Waals surface area contributed by atoms with E-state index in [1.165, 1.54) is 21.5 Å². The maximum atomic E-state index is 5.04. The van der Waals surface area contributed by atoms with Crippen molar-refractivity contribution in [1.82, 2.24) is 29.1 Å². The highest BCUT2D eigenvalue weighted by Crippen LogP contribution is 2.32. The predicted molar refractivity (Wildman–Crippen MR) is 160 cm³/mol. The fourth-order valence-corrected chi connectivity index (χ4v) is 6.40. The molecule has 8 aromatic rings. The van der Waals surface area contributed by atoms with Gasteiger partial charge in [-0.3, -0.25) is 19.1 Å². The fourth-order valence-electron chi connectivity index (χ4n) is 5.52. The van der Waals surface area contributed by atoms with E-state index in [9.17, 15) is 0 Å². The molecule has 0 aliphatic rings. The smallest absolute Gasteiger partial charge is 0.156 e. The number of benzene rings is 4. The van der Waals surface area contributed by atoms with Crippen molar-refractivity contribution in [1.29, 1.82) is 0 Å². The lowest BCUT2D eigenvalue weighted by atomic mass is 10.2. The van der Waals surface area contributed by atoms with Crippen LogP contribution in [-0.4, -0.2) is 29.1 Å². The topological polar surface area (TPSA) is 61.4 Å². The number of rotatable bonds is 4. The van der Waals surface area contributed by atoms with Gasteiger partial charge in [-0.1, -0.05) is 72.8 Å². The summed E-state index contributed by atoms with van der Waals surface area (Å²) in [5, 5.41) is 4.81. The molecule has 0 unspecified atom stereocenters. The Morgan fingerprint density at radius 1 is 0.410 bits per heavy atom. The molecule has 0 spiro atoms. The minimum absolute atomic E-state index is 0.212. The van der Waals surface area contributed by atoms with Crippen molar-refractivity contribution in [3.63, 3.8) is 0 Å². The zero-order chi connectivity index (χ0) is 25.8. The van der Waals surface area contributed by atoms with Crippen LogP contribution in [0.1, 0.15) is 0 Å². The van der Waals surface area contributed by atoms with Gasteiger partial charge >= 0.3 is 0 Å². The molecule has 8 rings (SSSR count).